The number of carbonyl (C=O) groups excluding carboxylic acids is 2. The second kappa shape index (κ2) is 5.26. The minimum atomic E-state index is -0.494. The van der Waals surface area contributed by atoms with Gasteiger partial charge in [0.2, 0.25) is 0 Å². The van der Waals surface area contributed by atoms with E-state index < -0.39 is 5.60 Å². The molecule has 5 nitrogen and oxygen atoms in total. The number of rotatable bonds is 2. The summed E-state index contributed by atoms with van der Waals surface area (Å²) < 4.78 is 5.79. The van der Waals surface area contributed by atoms with Crippen LogP contribution in [0.5, 0.6) is 5.75 Å². The third-order valence-corrected chi connectivity index (χ3v) is 3.45. The van der Waals surface area contributed by atoms with Gasteiger partial charge in [0, 0.05) is 23.6 Å². The van der Waals surface area contributed by atoms with Crippen LogP contribution in [0.2, 0.25) is 0 Å². The maximum Gasteiger partial charge on any atom is 0.255 e. The van der Waals surface area contributed by atoms with Crippen molar-refractivity contribution in [2.75, 3.05) is 5.32 Å². The number of aromatic nitrogens is 1. The number of Topliss-reactive ketones (excluding diaryl/α,β-unsaturated/α-hetero) is 1. The molecule has 1 aliphatic heterocycles. The lowest BCUT2D eigenvalue weighted by Crippen LogP contribution is -2.35. The predicted molar refractivity (Wildman–Crippen MR) is 82.3 cm³/mol. The van der Waals surface area contributed by atoms with E-state index in [0.717, 1.165) is 0 Å². The number of ketones is 1. The van der Waals surface area contributed by atoms with Gasteiger partial charge < -0.3 is 10.1 Å². The quantitative estimate of drug-likeness (QED) is 0.924. The van der Waals surface area contributed by atoms with Gasteiger partial charge in [0.25, 0.3) is 5.91 Å². The normalized spacial score (nSPS) is 15.6. The minimum absolute atomic E-state index is 0.0197. The van der Waals surface area contributed by atoms with Crippen molar-refractivity contribution >= 4 is 17.4 Å². The zero-order valence-corrected chi connectivity index (χ0v) is 12.4. The number of pyridine rings is 1. The fourth-order valence-corrected chi connectivity index (χ4v) is 2.44. The number of amides is 1. The van der Waals surface area contributed by atoms with Crippen LogP contribution in [0.1, 0.15) is 41.0 Å². The number of benzene rings is 1. The van der Waals surface area contributed by atoms with E-state index in [2.05, 4.69) is 10.3 Å². The molecular weight excluding hydrogens is 280 g/mol. The van der Waals surface area contributed by atoms with Gasteiger partial charge in [0.1, 0.15) is 11.4 Å². The molecule has 0 spiro atoms. The zero-order valence-electron chi connectivity index (χ0n) is 12.4. The van der Waals surface area contributed by atoms with Crippen LogP contribution in [0.25, 0.3) is 0 Å². The second-order valence-corrected chi connectivity index (χ2v) is 5.86. The van der Waals surface area contributed by atoms with Crippen molar-refractivity contribution in [3.8, 4) is 5.75 Å². The number of carbonyl (C=O) groups is 2. The first kappa shape index (κ1) is 14.3. The summed E-state index contributed by atoms with van der Waals surface area (Å²) >= 11 is 0. The summed E-state index contributed by atoms with van der Waals surface area (Å²) in [6.07, 6.45) is 3.43. The molecule has 0 aliphatic carbocycles. The first-order chi connectivity index (χ1) is 10.4. The molecule has 0 fully saturated rings. The molecule has 0 radical (unpaired) electrons. The van der Waals surface area contributed by atoms with Crippen LogP contribution in [0, 0.1) is 0 Å². The lowest BCUT2D eigenvalue weighted by atomic mass is 9.93. The van der Waals surface area contributed by atoms with E-state index >= 15 is 0 Å². The number of anilines is 1. The summed E-state index contributed by atoms with van der Waals surface area (Å²) in [5.41, 5.74) is 1.09. The zero-order chi connectivity index (χ0) is 15.7. The van der Waals surface area contributed by atoms with Crippen LogP contribution >= 0.6 is 0 Å². The summed E-state index contributed by atoms with van der Waals surface area (Å²) in [6, 6.07) is 8.37. The van der Waals surface area contributed by atoms with E-state index in [1.165, 1.54) is 0 Å². The lowest BCUT2D eigenvalue weighted by Gasteiger charge is -2.31. The molecule has 1 aromatic heterocycles. The van der Waals surface area contributed by atoms with E-state index in [1.807, 2.05) is 13.8 Å². The van der Waals surface area contributed by atoms with Gasteiger partial charge in [-0.15, -0.1) is 0 Å². The summed E-state index contributed by atoms with van der Waals surface area (Å²) in [5.74, 6) is 0.335. The van der Waals surface area contributed by atoms with E-state index in [4.69, 9.17) is 4.74 Å². The Morgan fingerprint density at radius 2 is 1.95 bits per heavy atom. The van der Waals surface area contributed by atoms with E-state index in [0.29, 0.717) is 29.0 Å². The fourth-order valence-electron chi connectivity index (χ4n) is 2.44. The molecule has 3 rings (SSSR count). The highest BCUT2D eigenvalue weighted by atomic mass is 16.5. The molecule has 0 bridgehead atoms. The topological polar surface area (TPSA) is 68.3 Å². The van der Waals surface area contributed by atoms with Gasteiger partial charge in [-0.25, -0.2) is 0 Å². The van der Waals surface area contributed by atoms with Crippen molar-refractivity contribution in [1.82, 2.24) is 4.98 Å². The maximum atomic E-state index is 12.2. The number of hydrogen-bond donors (Lipinski definition) is 1. The maximum absolute atomic E-state index is 12.2. The SMILES string of the molecule is CC1(C)CC(=O)c2cc(NC(=O)c3ccncc3)ccc2O1. The van der Waals surface area contributed by atoms with Gasteiger partial charge in [-0.2, -0.15) is 0 Å². The number of fused-ring (bicyclic) bond motifs is 1. The van der Waals surface area contributed by atoms with Crippen molar-refractivity contribution in [3.63, 3.8) is 0 Å². The second-order valence-electron chi connectivity index (χ2n) is 5.86. The molecule has 1 aliphatic rings. The first-order valence-corrected chi connectivity index (χ1v) is 7.02. The standard InChI is InChI=1S/C17H16N2O3/c1-17(2)10-14(20)13-9-12(3-4-15(13)22-17)19-16(21)11-5-7-18-8-6-11/h3-9H,10H2,1-2H3,(H,19,21). The van der Waals surface area contributed by atoms with Gasteiger partial charge >= 0.3 is 0 Å². The van der Waals surface area contributed by atoms with Gasteiger partial charge in [-0.3, -0.25) is 14.6 Å². The van der Waals surface area contributed by atoms with Crippen molar-refractivity contribution in [3.05, 3.63) is 53.9 Å². The number of nitrogens with one attached hydrogen (secondary N) is 1. The molecule has 2 aromatic rings. The number of ether oxygens (including phenoxy) is 1. The Balaban J connectivity index is 1.84. The largest absolute Gasteiger partial charge is 0.487 e. The molecular formula is C17H16N2O3. The third-order valence-electron chi connectivity index (χ3n) is 3.45. The highest BCUT2D eigenvalue weighted by Gasteiger charge is 2.32. The molecule has 0 saturated heterocycles. The summed E-state index contributed by atoms with van der Waals surface area (Å²) in [4.78, 5) is 28.2. The summed E-state index contributed by atoms with van der Waals surface area (Å²) in [5, 5.41) is 2.78. The molecule has 22 heavy (non-hydrogen) atoms. The molecule has 1 amide bonds. The Hall–Kier alpha value is -2.69. The molecule has 2 heterocycles. The van der Waals surface area contributed by atoms with Gasteiger partial charge in [0.15, 0.2) is 5.78 Å². The molecule has 0 atom stereocenters. The van der Waals surface area contributed by atoms with Crippen molar-refractivity contribution in [1.29, 1.82) is 0 Å². The van der Waals surface area contributed by atoms with Crippen LogP contribution in [-0.2, 0) is 0 Å². The van der Waals surface area contributed by atoms with Crippen LogP contribution in [0.4, 0.5) is 5.69 Å². The molecule has 1 N–H and O–H groups in total. The first-order valence-electron chi connectivity index (χ1n) is 7.02. The third kappa shape index (κ3) is 2.83. The Labute approximate surface area is 128 Å². The minimum Gasteiger partial charge on any atom is -0.487 e. The van der Waals surface area contributed by atoms with Crippen molar-refractivity contribution in [2.45, 2.75) is 25.9 Å². The van der Waals surface area contributed by atoms with Crippen LogP contribution in [0.15, 0.2) is 42.7 Å². The van der Waals surface area contributed by atoms with Crippen LogP contribution < -0.4 is 10.1 Å². The van der Waals surface area contributed by atoms with Crippen LogP contribution in [0.3, 0.4) is 0 Å². The monoisotopic (exact) mass is 296 g/mol. The van der Waals surface area contributed by atoms with E-state index in [9.17, 15) is 9.59 Å². The highest BCUT2D eigenvalue weighted by molar-refractivity contribution is 6.06. The summed E-state index contributed by atoms with van der Waals surface area (Å²) in [7, 11) is 0. The fraction of sp³-hybridized carbons (Fsp3) is 0.235. The average molecular weight is 296 g/mol. The van der Waals surface area contributed by atoms with Gasteiger partial charge in [-0.05, 0) is 44.2 Å². The van der Waals surface area contributed by atoms with E-state index in [-0.39, 0.29) is 11.7 Å². The molecule has 1 aromatic carbocycles. The van der Waals surface area contributed by atoms with Gasteiger partial charge in [0.05, 0.1) is 12.0 Å². The predicted octanol–water partition coefficient (Wildman–Crippen LogP) is 3.08. The lowest BCUT2D eigenvalue weighted by molar-refractivity contribution is 0.0620. The van der Waals surface area contributed by atoms with Crippen molar-refractivity contribution in [2.24, 2.45) is 0 Å². The smallest absolute Gasteiger partial charge is 0.255 e. The molecule has 5 heteroatoms. The van der Waals surface area contributed by atoms with Crippen LogP contribution in [-0.4, -0.2) is 22.3 Å². The Kier molecular flexibility index (Phi) is 3.41. The Morgan fingerprint density at radius 3 is 2.68 bits per heavy atom. The Bertz CT molecular complexity index is 739. The van der Waals surface area contributed by atoms with Gasteiger partial charge in [-0.1, -0.05) is 0 Å². The number of hydrogen-bond acceptors (Lipinski definition) is 4. The molecule has 0 saturated carbocycles. The molecule has 112 valence electrons. The van der Waals surface area contributed by atoms with Crippen molar-refractivity contribution < 1.29 is 14.3 Å². The Morgan fingerprint density at radius 1 is 1.23 bits per heavy atom. The summed E-state index contributed by atoms with van der Waals surface area (Å²) in [6.45, 7) is 3.76. The highest BCUT2D eigenvalue weighted by Crippen LogP contribution is 2.34. The van der Waals surface area contributed by atoms with E-state index in [1.54, 1.807) is 42.7 Å². The average Bonchev–Trinajstić information content (AvgIpc) is 2.48. The number of nitrogens with zero attached hydrogens (tertiary/aromatic N) is 1. The molecule has 0 unspecified atom stereocenters.